The molecule has 0 unspecified atom stereocenters. The number of hydrogen-bond acceptors (Lipinski definition) is 6. The molecule has 8 heteroatoms. The van der Waals surface area contributed by atoms with Gasteiger partial charge in [-0.15, -0.1) is 11.3 Å². The van der Waals surface area contributed by atoms with Gasteiger partial charge in [-0.2, -0.15) is 5.26 Å². The summed E-state index contributed by atoms with van der Waals surface area (Å²) in [5.74, 6) is -1.34. The zero-order chi connectivity index (χ0) is 19.5. The maximum Gasteiger partial charge on any atom is 0.341 e. The number of nitrogens with one attached hydrogen (secondary N) is 1. The lowest BCUT2D eigenvalue weighted by molar-refractivity contribution is -0.136. The largest absolute Gasteiger partial charge is 0.452 e. The van der Waals surface area contributed by atoms with Crippen molar-refractivity contribution >= 4 is 34.1 Å². The van der Waals surface area contributed by atoms with Crippen LogP contribution in [0.3, 0.4) is 0 Å². The van der Waals surface area contributed by atoms with Crippen molar-refractivity contribution in [3.05, 3.63) is 16.0 Å². The molecule has 0 atom stereocenters. The van der Waals surface area contributed by atoms with E-state index < -0.39 is 24.0 Å². The summed E-state index contributed by atoms with van der Waals surface area (Å²) in [6.07, 6.45) is 3.65. The van der Waals surface area contributed by atoms with Crippen LogP contribution in [-0.2, 0) is 27.2 Å². The van der Waals surface area contributed by atoms with E-state index in [9.17, 15) is 14.4 Å². The summed E-state index contributed by atoms with van der Waals surface area (Å²) in [4.78, 5) is 38.6. The summed E-state index contributed by atoms with van der Waals surface area (Å²) < 4.78 is 5.21. The number of ether oxygens (including phenoxy) is 1. The Morgan fingerprint density at radius 3 is 2.58 bits per heavy atom. The third-order valence-corrected chi connectivity index (χ3v) is 5.69. The number of carbonyl (C=O) groups is 3. The highest BCUT2D eigenvalue weighted by Crippen LogP contribution is 2.38. The van der Waals surface area contributed by atoms with Crippen molar-refractivity contribution in [2.75, 3.05) is 19.0 Å². The first-order valence-electron chi connectivity index (χ1n) is 8.44. The van der Waals surface area contributed by atoms with Crippen molar-refractivity contribution in [2.24, 2.45) is 0 Å². The summed E-state index contributed by atoms with van der Waals surface area (Å²) in [7, 11) is 1.49. The van der Waals surface area contributed by atoms with Crippen molar-refractivity contribution in [3.63, 3.8) is 0 Å². The molecule has 1 N–H and O–H groups in total. The number of thiophene rings is 1. The van der Waals surface area contributed by atoms with Gasteiger partial charge in [-0.3, -0.25) is 9.59 Å². The number of likely N-dealkylation sites (N-methyl/N-ethyl adjacent to an activating group) is 1. The Kier molecular flexibility index (Phi) is 6.03. The zero-order valence-electron chi connectivity index (χ0n) is 15.5. The summed E-state index contributed by atoms with van der Waals surface area (Å²) in [6, 6.07) is 2.03. The minimum atomic E-state index is -0.994. The van der Waals surface area contributed by atoms with Gasteiger partial charge in [0.25, 0.3) is 5.91 Å². The van der Waals surface area contributed by atoms with Gasteiger partial charge in [0.05, 0.1) is 11.6 Å². The summed E-state index contributed by atoms with van der Waals surface area (Å²) in [6.45, 7) is 4.15. The second-order valence-corrected chi connectivity index (χ2v) is 7.90. The number of hydrogen-bond donors (Lipinski definition) is 1. The number of anilines is 1. The minimum absolute atomic E-state index is 0.260. The number of esters is 1. The van der Waals surface area contributed by atoms with Gasteiger partial charge in [-0.1, -0.05) is 0 Å². The molecule has 7 nitrogen and oxygen atoms in total. The first-order valence-corrected chi connectivity index (χ1v) is 9.26. The fraction of sp³-hybridized carbons (Fsp3) is 0.556. The average Bonchev–Trinajstić information content (AvgIpc) is 2.95. The zero-order valence-corrected chi connectivity index (χ0v) is 16.3. The third-order valence-electron chi connectivity index (χ3n) is 4.48. The molecule has 0 fully saturated rings. The third kappa shape index (κ3) is 4.22. The van der Waals surface area contributed by atoms with Gasteiger partial charge in [-0.25, -0.2) is 4.79 Å². The van der Waals surface area contributed by atoms with E-state index in [4.69, 9.17) is 10.00 Å². The molecule has 1 aromatic rings. The smallest absolute Gasteiger partial charge is 0.341 e. The first-order chi connectivity index (χ1) is 12.2. The van der Waals surface area contributed by atoms with Crippen LogP contribution in [0.15, 0.2) is 0 Å². The Morgan fingerprint density at radius 2 is 1.96 bits per heavy atom. The molecule has 0 aliphatic heterocycles. The summed E-state index contributed by atoms with van der Waals surface area (Å²) in [5, 5.41) is 12.3. The van der Waals surface area contributed by atoms with Crippen LogP contribution in [0.4, 0.5) is 5.00 Å². The van der Waals surface area contributed by atoms with Crippen molar-refractivity contribution < 1.29 is 19.1 Å². The van der Waals surface area contributed by atoms with Gasteiger partial charge in [-0.05, 0) is 45.1 Å². The van der Waals surface area contributed by atoms with Crippen LogP contribution in [-0.4, -0.2) is 41.9 Å². The molecule has 0 bridgehead atoms. The molecular weight excluding hydrogens is 354 g/mol. The number of rotatable bonds is 5. The van der Waals surface area contributed by atoms with E-state index in [0.717, 1.165) is 36.1 Å². The summed E-state index contributed by atoms with van der Waals surface area (Å²) in [5.41, 5.74) is 0.273. The predicted molar refractivity (Wildman–Crippen MR) is 98.0 cm³/mol. The number of fused-ring (bicyclic) bond motifs is 1. The number of amides is 2. The SMILES string of the molecule is CC(=O)Nc1sc2c(c1C(=O)OCC(=O)N(C)C(C)(C)C#N)CCCC2. The van der Waals surface area contributed by atoms with Gasteiger partial charge in [0.1, 0.15) is 10.5 Å². The molecule has 1 aliphatic rings. The molecule has 0 spiro atoms. The predicted octanol–water partition coefficient (Wildman–Crippen LogP) is 2.50. The Bertz CT molecular complexity index is 776. The Labute approximate surface area is 156 Å². The van der Waals surface area contributed by atoms with E-state index in [2.05, 4.69) is 5.32 Å². The van der Waals surface area contributed by atoms with Crippen LogP contribution in [0.5, 0.6) is 0 Å². The highest BCUT2D eigenvalue weighted by atomic mass is 32.1. The van der Waals surface area contributed by atoms with Crippen molar-refractivity contribution in [1.29, 1.82) is 5.26 Å². The fourth-order valence-corrected chi connectivity index (χ4v) is 4.04. The fourth-order valence-electron chi connectivity index (χ4n) is 2.71. The maximum absolute atomic E-state index is 12.6. The van der Waals surface area contributed by atoms with Crippen LogP contribution >= 0.6 is 11.3 Å². The van der Waals surface area contributed by atoms with E-state index >= 15 is 0 Å². The van der Waals surface area contributed by atoms with Crippen LogP contribution in [0, 0.1) is 11.3 Å². The normalized spacial score (nSPS) is 13.3. The molecule has 2 rings (SSSR count). The molecule has 1 heterocycles. The van der Waals surface area contributed by atoms with Crippen LogP contribution in [0.25, 0.3) is 0 Å². The monoisotopic (exact) mass is 377 g/mol. The average molecular weight is 377 g/mol. The first kappa shape index (κ1) is 19.9. The van der Waals surface area contributed by atoms with Crippen molar-refractivity contribution in [3.8, 4) is 6.07 Å². The van der Waals surface area contributed by atoms with Gasteiger partial charge < -0.3 is 15.0 Å². The van der Waals surface area contributed by atoms with Crippen LogP contribution in [0.1, 0.15) is 54.4 Å². The topological polar surface area (TPSA) is 99.5 Å². The number of nitriles is 1. The van der Waals surface area contributed by atoms with E-state index in [0.29, 0.717) is 10.6 Å². The number of carbonyl (C=O) groups excluding carboxylic acids is 3. The van der Waals surface area contributed by atoms with Crippen molar-refractivity contribution in [1.82, 2.24) is 4.90 Å². The Hall–Kier alpha value is -2.40. The van der Waals surface area contributed by atoms with Gasteiger partial charge in [0, 0.05) is 18.8 Å². The Morgan fingerprint density at radius 1 is 1.31 bits per heavy atom. The van der Waals surface area contributed by atoms with Crippen LogP contribution < -0.4 is 5.32 Å². The van der Waals surface area contributed by atoms with Gasteiger partial charge in [0.15, 0.2) is 6.61 Å². The number of nitrogens with zero attached hydrogens (tertiary/aromatic N) is 2. The minimum Gasteiger partial charge on any atom is -0.452 e. The molecule has 2 amide bonds. The van der Waals surface area contributed by atoms with E-state index in [1.807, 2.05) is 6.07 Å². The van der Waals surface area contributed by atoms with E-state index in [-0.39, 0.29) is 5.91 Å². The summed E-state index contributed by atoms with van der Waals surface area (Å²) >= 11 is 1.40. The molecule has 0 radical (unpaired) electrons. The molecule has 0 saturated heterocycles. The lowest BCUT2D eigenvalue weighted by atomic mass is 9.95. The van der Waals surface area contributed by atoms with Crippen molar-refractivity contribution in [2.45, 2.75) is 52.0 Å². The molecule has 1 aliphatic carbocycles. The van der Waals surface area contributed by atoms with Gasteiger partial charge in [0.2, 0.25) is 5.91 Å². The van der Waals surface area contributed by atoms with E-state index in [1.165, 1.54) is 30.2 Å². The number of aryl methyl sites for hydroxylation is 1. The quantitative estimate of drug-likeness (QED) is 0.795. The lowest BCUT2D eigenvalue weighted by Crippen LogP contribution is -2.45. The molecule has 0 aromatic carbocycles. The molecule has 1 aromatic heterocycles. The second-order valence-electron chi connectivity index (χ2n) is 6.80. The maximum atomic E-state index is 12.6. The molecular formula is C18H23N3O4S. The molecule has 0 saturated carbocycles. The lowest BCUT2D eigenvalue weighted by Gasteiger charge is -2.28. The molecule has 26 heavy (non-hydrogen) atoms. The molecule has 140 valence electrons. The second kappa shape index (κ2) is 7.87. The Balaban J connectivity index is 2.17. The van der Waals surface area contributed by atoms with Gasteiger partial charge >= 0.3 is 5.97 Å². The van der Waals surface area contributed by atoms with E-state index in [1.54, 1.807) is 13.8 Å². The standard InChI is InChI=1S/C18H23N3O4S/c1-11(22)20-16-15(12-7-5-6-8-13(12)26-16)17(24)25-9-14(23)21(4)18(2,3)10-19/h5-9H2,1-4H3,(H,20,22). The van der Waals surface area contributed by atoms with Crippen LogP contribution in [0.2, 0.25) is 0 Å². The highest BCUT2D eigenvalue weighted by molar-refractivity contribution is 7.17. The highest BCUT2D eigenvalue weighted by Gasteiger charge is 2.30.